The molecule has 0 unspecified atom stereocenters. The van der Waals surface area contributed by atoms with Gasteiger partial charge in [0.1, 0.15) is 0 Å². The first-order valence-corrected chi connectivity index (χ1v) is 23.4. The minimum atomic E-state index is 0.540. The molecule has 4 aromatic heterocycles. The molecule has 6 nitrogen and oxygen atoms in total. The van der Waals surface area contributed by atoms with Crippen LogP contribution in [-0.4, -0.2) is 28.7 Å². The molecule has 0 bridgehead atoms. The van der Waals surface area contributed by atoms with Crippen LogP contribution in [0.3, 0.4) is 0 Å². The van der Waals surface area contributed by atoms with Crippen molar-refractivity contribution in [3.05, 3.63) is 243 Å². The summed E-state index contributed by atoms with van der Waals surface area (Å²) in [4.78, 5) is 16.1. The fourth-order valence-corrected chi connectivity index (χ4v) is 10.6. The Hall–Kier alpha value is -9.39. The second-order valence-electron chi connectivity index (χ2n) is 17.6. The Labute approximate surface area is 397 Å². The average Bonchev–Trinajstić information content (AvgIpc) is 4.07. The molecule has 69 heavy (non-hydrogen) atoms. The van der Waals surface area contributed by atoms with E-state index in [0.29, 0.717) is 17.6 Å². The highest BCUT2D eigenvalue weighted by Crippen LogP contribution is 2.43. The molecule has 0 radical (unpaired) electrons. The van der Waals surface area contributed by atoms with E-state index in [1.807, 2.05) is 24.3 Å². The zero-order valence-corrected chi connectivity index (χ0v) is 37.3. The zero-order valence-electron chi connectivity index (χ0n) is 37.3. The largest absolute Gasteiger partial charge is 0.309 e. The predicted octanol–water partition coefficient (Wildman–Crippen LogP) is 15.8. The quantitative estimate of drug-likeness (QED) is 0.160. The lowest BCUT2D eigenvalue weighted by Crippen LogP contribution is -2.07. The molecule has 14 rings (SSSR count). The van der Waals surface area contributed by atoms with Gasteiger partial charge in [-0.2, -0.15) is 9.97 Å². The molecule has 0 fully saturated rings. The van der Waals surface area contributed by atoms with E-state index < -0.39 is 0 Å². The highest BCUT2D eigenvalue weighted by Gasteiger charge is 2.25. The van der Waals surface area contributed by atoms with Gasteiger partial charge in [-0.3, -0.25) is 4.57 Å². The summed E-state index contributed by atoms with van der Waals surface area (Å²) in [6.07, 6.45) is 0. The maximum Gasteiger partial charge on any atom is 0.238 e. The van der Waals surface area contributed by atoms with Crippen LogP contribution in [0.5, 0.6) is 0 Å². The number of para-hydroxylation sites is 3. The van der Waals surface area contributed by atoms with Crippen molar-refractivity contribution < 1.29 is 0 Å². The SMILES string of the molecule is c1ccc(-c2ccc(-c3nc(-c4ccccc4)nc(-n4c5ccc(-n6c7ccccc7c7ccccc76)cc5c5ccc6c7ccccc7n(-c7cccc(-c8ccccc8)c7)c6c54)n3)cc2)cc1. The molecule has 0 amide bonds. The Bertz CT molecular complexity index is 4230. The van der Waals surface area contributed by atoms with Crippen LogP contribution in [0.4, 0.5) is 0 Å². The van der Waals surface area contributed by atoms with Crippen LogP contribution in [0.1, 0.15) is 0 Å². The van der Waals surface area contributed by atoms with Gasteiger partial charge in [0.2, 0.25) is 5.95 Å². The monoisotopic (exact) mass is 880 g/mol. The second-order valence-corrected chi connectivity index (χ2v) is 17.6. The number of fused-ring (bicyclic) bond motifs is 10. The van der Waals surface area contributed by atoms with E-state index in [9.17, 15) is 0 Å². The van der Waals surface area contributed by atoms with Crippen molar-refractivity contribution in [3.8, 4) is 62.4 Å². The lowest BCUT2D eigenvalue weighted by molar-refractivity contribution is 0.953. The first-order chi connectivity index (χ1) is 34.2. The van der Waals surface area contributed by atoms with Gasteiger partial charge < -0.3 is 9.13 Å². The molecule has 0 aliphatic heterocycles. The highest BCUT2D eigenvalue weighted by atomic mass is 15.2. The molecule has 0 aliphatic carbocycles. The minimum absolute atomic E-state index is 0.540. The summed E-state index contributed by atoms with van der Waals surface area (Å²) in [6, 6.07) is 86.3. The van der Waals surface area contributed by atoms with Crippen molar-refractivity contribution in [2.45, 2.75) is 0 Å². The van der Waals surface area contributed by atoms with Gasteiger partial charge >= 0.3 is 0 Å². The topological polar surface area (TPSA) is 53.5 Å². The van der Waals surface area contributed by atoms with Gasteiger partial charge in [-0.25, -0.2) is 4.98 Å². The molecule has 0 saturated carbocycles. The Morgan fingerprint density at radius 1 is 0.232 bits per heavy atom. The van der Waals surface area contributed by atoms with Crippen molar-refractivity contribution >= 4 is 65.4 Å². The van der Waals surface area contributed by atoms with Gasteiger partial charge in [0.05, 0.1) is 33.1 Å². The van der Waals surface area contributed by atoms with Crippen LogP contribution in [0.2, 0.25) is 0 Å². The summed E-state index contributed by atoms with van der Waals surface area (Å²) in [7, 11) is 0. The van der Waals surface area contributed by atoms with E-state index in [1.54, 1.807) is 0 Å². The summed E-state index contributed by atoms with van der Waals surface area (Å²) < 4.78 is 7.12. The fraction of sp³-hybridized carbons (Fsp3) is 0. The van der Waals surface area contributed by atoms with Crippen molar-refractivity contribution in [1.82, 2.24) is 28.7 Å². The lowest BCUT2D eigenvalue weighted by atomic mass is 10.0. The fourth-order valence-electron chi connectivity index (χ4n) is 10.6. The zero-order chi connectivity index (χ0) is 45.4. The van der Waals surface area contributed by atoms with Crippen LogP contribution >= 0.6 is 0 Å². The number of rotatable bonds is 7. The number of aromatic nitrogens is 6. The van der Waals surface area contributed by atoms with E-state index in [2.05, 4.69) is 232 Å². The van der Waals surface area contributed by atoms with Gasteiger partial charge in [-0.15, -0.1) is 0 Å². The highest BCUT2D eigenvalue weighted by molar-refractivity contribution is 6.24. The van der Waals surface area contributed by atoms with Crippen LogP contribution in [-0.2, 0) is 0 Å². The van der Waals surface area contributed by atoms with Gasteiger partial charge in [0, 0.05) is 54.8 Å². The molecule has 322 valence electrons. The van der Waals surface area contributed by atoms with Crippen LogP contribution in [0.15, 0.2) is 243 Å². The molecule has 6 heteroatoms. The molecule has 0 N–H and O–H groups in total. The average molecular weight is 881 g/mol. The van der Waals surface area contributed by atoms with E-state index in [0.717, 1.165) is 88.5 Å². The lowest BCUT2D eigenvalue weighted by Gasteiger charge is -2.14. The van der Waals surface area contributed by atoms with E-state index in [-0.39, 0.29) is 0 Å². The molecule has 14 aromatic rings. The molecule has 4 heterocycles. The van der Waals surface area contributed by atoms with Crippen LogP contribution in [0, 0.1) is 0 Å². The van der Waals surface area contributed by atoms with Crippen LogP contribution < -0.4 is 0 Å². The third-order valence-corrected chi connectivity index (χ3v) is 13.7. The number of hydrogen-bond donors (Lipinski definition) is 0. The maximum atomic E-state index is 5.47. The molecule has 0 atom stereocenters. The Morgan fingerprint density at radius 2 is 0.652 bits per heavy atom. The van der Waals surface area contributed by atoms with E-state index in [4.69, 9.17) is 15.0 Å². The van der Waals surface area contributed by atoms with E-state index >= 15 is 0 Å². The van der Waals surface area contributed by atoms with Crippen molar-refractivity contribution in [2.24, 2.45) is 0 Å². The van der Waals surface area contributed by atoms with Gasteiger partial charge in [0.25, 0.3) is 0 Å². The standard InChI is InChI=1S/C63H40N6/c1-4-17-41(18-5-1)43-31-33-45(34-32-43)62-64-61(44-21-8-3-9-22-44)65-63(66-62)69-58-38-35-48(67-55-28-13-10-25-49(55)50-26-11-14-29-56(50)67)40-54(58)53-37-36-52-51-27-12-15-30-57(51)68(59(52)60(53)69)47-24-16-23-46(39-47)42-19-6-2-7-20-42/h1-40H. The van der Waals surface area contributed by atoms with Crippen molar-refractivity contribution in [3.63, 3.8) is 0 Å². The van der Waals surface area contributed by atoms with Crippen molar-refractivity contribution in [2.75, 3.05) is 0 Å². The number of benzene rings is 10. The summed E-state index contributed by atoms with van der Waals surface area (Å²) in [5, 5.41) is 6.95. The first-order valence-electron chi connectivity index (χ1n) is 23.4. The number of nitrogens with zero attached hydrogens (tertiary/aromatic N) is 6. The third kappa shape index (κ3) is 6.23. The summed E-state index contributed by atoms with van der Waals surface area (Å²) in [5.41, 5.74) is 15.1. The molecular formula is C63H40N6. The Kier molecular flexibility index (Phi) is 8.79. The normalized spacial score (nSPS) is 11.8. The summed E-state index contributed by atoms with van der Waals surface area (Å²) in [5.74, 6) is 1.74. The molecule has 0 aliphatic rings. The van der Waals surface area contributed by atoms with Gasteiger partial charge in [-0.1, -0.05) is 194 Å². The molecular weight excluding hydrogens is 841 g/mol. The summed E-state index contributed by atoms with van der Waals surface area (Å²) in [6.45, 7) is 0. The second kappa shape index (κ2) is 15.6. The maximum absolute atomic E-state index is 5.47. The molecule has 0 spiro atoms. The van der Waals surface area contributed by atoms with Crippen molar-refractivity contribution in [1.29, 1.82) is 0 Å². The van der Waals surface area contributed by atoms with E-state index in [1.165, 1.54) is 21.7 Å². The smallest absolute Gasteiger partial charge is 0.238 e. The van der Waals surface area contributed by atoms with Gasteiger partial charge in [0.15, 0.2) is 11.6 Å². The van der Waals surface area contributed by atoms with Gasteiger partial charge in [-0.05, 0) is 70.8 Å². The first kappa shape index (κ1) is 38.8. The molecule has 0 saturated heterocycles. The number of hydrogen-bond acceptors (Lipinski definition) is 3. The molecule has 10 aromatic carbocycles. The summed E-state index contributed by atoms with van der Waals surface area (Å²) >= 11 is 0. The Balaban J connectivity index is 1.10. The third-order valence-electron chi connectivity index (χ3n) is 13.7. The minimum Gasteiger partial charge on any atom is -0.309 e. The predicted molar refractivity (Wildman–Crippen MR) is 285 cm³/mol. The van der Waals surface area contributed by atoms with Crippen LogP contribution in [0.25, 0.3) is 128 Å². The Morgan fingerprint density at radius 3 is 1.28 bits per heavy atom.